The largest absolute Gasteiger partial charge is 0.396 e. The summed E-state index contributed by atoms with van der Waals surface area (Å²) in [5.74, 6) is -2.03. The lowest BCUT2D eigenvalue weighted by Gasteiger charge is -2.23. The van der Waals surface area contributed by atoms with Gasteiger partial charge in [-0.1, -0.05) is 13.0 Å². The Morgan fingerprint density at radius 3 is 2.50 bits per heavy atom. The van der Waals surface area contributed by atoms with Crippen molar-refractivity contribution < 1.29 is 23.4 Å². The van der Waals surface area contributed by atoms with Gasteiger partial charge >= 0.3 is 6.03 Å². The molecule has 124 valence electrons. The van der Waals surface area contributed by atoms with E-state index in [1.165, 1.54) is 13.2 Å². The fraction of sp³-hybridized carbons (Fsp3) is 0.533. The molecule has 0 aliphatic carbocycles. The zero-order valence-corrected chi connectivity index (χ0v) is 12.9. The van der Waals surface area contributed by atoms with Crippen LogP contribution in [0.25, 0.3) is 0 Å². The molecule has 2 amide bonds. The Morgan fingerprint density at radius 2 is 1.95 bits per heavy atom. The number of amides is 2. The molecule has 1 aromatic carbocycles. The lowest BCUT2D eigenvalue weighted by atomic mass is 10.1. The summed E-state index contributed by atoms with van der Waals surface area (Å²) >= 11 is 0. The average Bonchev–Trinajstić information content (AvgIpc) is 2.48. The highest BCUT2D eigenvalue weighted by Crippen LogP contribution is 2.17. The SMILES string of the molecule is COCC(NC(=O)NC(C)C(C)CO)c1ccc(F)c(F)c1. The number of hydrogen-bond donors (Lipinski definition) is 3. The molecule has 1 aromatic rings. The molecule has 0 aromatic heterocycles. The fourth-order valence-electron chi connectivity index (χ4n) is 1.82. The second kappa shape index (κ2) is 8.65. The van der Waals surface area contributed by atoms with Gasteiger partial charge in [-0.05, 0) is 30.5 Å². The van der Waals surface area contributed by atoms with Crippen molar-refractivity contribution in [2.45, 2.75) is 25.9 Å². The normalized spacial score (nSPS) is 15.0. The Balaban J connectivity index is 2.75. The number of urea groups is 1. The minimum atomic E-state index is -0.983. The Kier molecular flexibility index (Phi) is 7.20. The van der Waals surface area contributed by atoms with Gasteiger partial charge in [0.15, 0.2) is 11.6 Å². The maximum Gasteiger partial charge on any atom is 0.315 e. The number of aliphatic hydroxyl groups is 1. The molecule has 0 heterocycles. The van der Waals surface area contributed by atoms with Crippen LogP contribution in [0.15, 0.2) is 18.2 Å². The van der Waals surface area contributed by atoms with Crippen LogP contribution in [0, 0.1) is 17.6 Å². The third-order valence-electron chi connectivity index (χ3n) is 3.48. The maximum atomic E-state index is 13.3. The zero-order chi connectivity index (χ0) is 16.7. The van der Waals surface area contributed by atoms with Gasteiger partial charge in [-0.25, -0.2) is 13.6 Å². The molecular weight excluding hydrogens is 294 g/mol. The molecular formula is C15H22F2N2O3. The minimum Gasteiger partial charge on any atom is -0.396 e. The highest BCUT2D eigenvalue weighted by molar-refractivity contribution is 5.74. The molecule has 0 fully saturated rings. The monoisotopic (exact) mass is 316 g/mol. The van der Waals surface area contributed by atoms with Crippen LogP contribution in [0.4, 0.5) is 13.6 Å². The van der Waals surface area contributed by atoms with Crippen molar-refractivity contribution in [3.05, 3.63) is 35.4 Å². The molecule has 3 N–H and O–H groups in total. The third-order valence-corrected chi connectivity index (χ3v) is 3.48. The van der Waals surface area contributed by atoms with Gasteiger partial charge in [0.1, 0.15) is 0 Å². The lowest BCUT2D eigenvalue weighted by Crippen LogP contribution is -2.46. The Bertz CT molecular complexity index is 500. The number of ether oxygens (including phenoxy) is 1. The van der Waals surface area contributed by atoms with Crippen LogP contribution in [0.5, 0.6) is 0 Å². The molecule has 0 radical (unpaired) electrons. The Hall–Kier alpha value is -1.73. The first-order valence-corrected chi connectivity index (χ1v) is 7.00. The number of hydrogen-bond acceptors (Lipinski definition) is 3. The standard InChI is InChI=1S/C15H22F2N2O3/c1-9(7-20)10(2)18-15(21)19-14(8-22-3)11-4-5-12(16)13(17)6-11/h4-6,9-10,14,20H,7-8H2,1-3H3,(H2,18,19,21). The highest BCUT2D eigenvalue weighted by atomic mass is 19.2. The molecule has 0 spiro atoms. The van der Waals surface area contributed by atoms with Crippen LogP contribution in [0.2, 0.25) is 0 Å². The van der Waals surface area contributed by atoms with Gasteiger partial charge in [0.2, 0.25) is 0 Å². The molecule has 0 aliphatic rings. The molecule has 3 atom stereocenters. The van der Waals surface area contributed by atoms with Crippen LogP contribution < -0.4 is 10.6 Å². The van der Waals surface area contributed by atoms with E-state index in [1.807, 2.05) is 0 Å². The molecule has 3 unspecified atom stereocenters. The smallest absolute Gasteiger partial charge is 0.315 e. The summed E-state index contributed by atoms with van der Waals surface area (Å²) in [6.45, 7) is 3.63. The predicted molar refractivity (Wildman–Crippen MR) is 78.4 cm³/mol. The quantitative estimate of drug-likeness (QED) is 0.720. The number of nitrogens with one attached hydrogen (secondary N) is 2. The average molecular weight is 316 g/mol. The summed E-state index contributed by atoms with van der Waals surface area (Å²) in [6.07, 6.45) is 0. The van der Waals surface area contributed by atoms with Crippen molar-refractivity contribution in [3.8, 4) is 0 Å². The summed E-state index contributed by atoms with van der Waals surface area (Å²) in [5, 5.41) is 14.4. The minimum absolute atomic E-state index is 0.0495. The van der Waals surface area contributed by atoms with E-state index in [2.05, 4.69) is 10.6 Å². The molecule has 1 rings (SSSR count). The van der Waals surface area contributed by atoms with E-state index in [0.717, 1.165) is 12.1 Å². The van der Waals surface area contributed by atoms with Crippen molar-refractivity contribution in [3.63, 3.8) is 0 Å². The van der Waals surface area contributed by atoms with Crippen molar-refractivity contribution >= 4 is 6.03 Å². The van der Waals surface area contributed by atoms with E-state index in [9.17, 15) is 13.6 Å². The molecule has 0 saturated heterocycles. The van der Waals surface area contributed by atoms with Crippen LogP contribution in [0.3, 0.4) is 0 Å². The van der Waals surface area contributed by atoms with E-state index >= 15 is 0 Å². The second-order valence-electron chi connectivity index (χ2n) is 5.25. The van der Waals surface area contributed by atoms with Crippen LogP contribution in [-0.2, 0) is 4.74 Å². The topological polar surface area (TPSA) is 70.6 Å². The van der Waals surface area contributed by atoms with Gasteiger partial charge in [-0.2, -0.15) is 0 Å². The summed E-state index contributed by atoms with van der Waals surface area (Å²) < 4.78 is 31.3. The van der Waals surface area contributed by atoms with Crippen LogP contribution >= 0.6 is 0 Å². The number of methoxy groups -OCH3 is 1. The van der Waals surface area contributed by atoms with Gasteiger partial charge in [0.25, 0.3) is 0 Å². The summed E-state index contributed by atoms with van der Waals surface area (Å²) in [7, 11) is 1.45. The van der Waals surface area contributed by atoms with E-state index < -0.39 is 23.7 Å². The molecule has 0 bridgehead atoms. The van der Waals surface area contributed by atoms with Gasteiger partial charge < -0.3 is 20.5 Å². The number of carbonyl (C=O) groups is 1. The number of rotatable bonds is 7. The Labute approximate surface area is 128 Å². The summed E-state index contributed by atoms with van der Waals surface area (Å²) in [4.78, 5) is 12.0. The van der Waals surface area contributed by atoms with Crippen molar-refractivity contribution in [1.82, 2.24) is 10.6 Å². The van der Waals surface area contributed by atoms with Crippen molar-refractivity contribution in [2.24, 2.45) is 5.92 Å². The Morgan fingerprint density at radius 1 is 1.27 bits per heavy atom. The van der Waals surface area contributed by atoms with Gasteiger partial charge in [0.05, 0.1) is 12.6 Å². The molecule has 7 heteroatoms. The maximum absolute atomic E-state index is 13.3. The van der Waals surface area contributed by atoms with Crippen molar-refractivity contribution in [2.75, 3.05) is 20.3 Å². The second-order valence-corrected chi connectivity index (χ2v) is 5.25. The molecule has 5 nitrogen and oxygen atoms in total. The number of carbonyl (C=O) groups excluding carboxylic acids is 1. The lowest BCUT2D eigenvalue weighted by molar-refractivity contribution is 0.162. The van der Waals surface area contributed by atoms with E-state index in [-0.39, 0.29) is 25.2 Å². The first-order valence-electron chi connectivity index (χ1n) is 7.00. The molecule has 0 aliphatic heterocycles. The molecule has 22 heavy (non-hydrogen) atoms. The van der Waals surface area contributed by atoms with E-state index in [0.29, 0.717) is 5.56 Å². The first kappa shape index (κ1) is 18.3. The van der Waals surface area contributed by atoms with Gasteiger partial charge in [0, 0.05) is 19.8 Å². The van der Waals surface area contributed by atoms with Crippen LogP contribution in [0.1, 0.15) is 25.5 Å². The molecule has 0 saturated carbocycles. The summed E-state index contributed by atoms with van der Waals surface area (Å²) in [6, 6.07) is 2.10. The highest BCUT2D eigenvalue weighted by Gasteiger charge is 2.19. The predicted octanol–water partition coefficient (Wildman–Crippen LogP) is 1.97. The number of aliphatic hydroxyl groups excluding tert-OH is 1. The van der Waals surface area contributed by atoms with Gasteiger partial charge in [-0.3, -0.25) is 0 Å². The van der Waals surface area contributed by atoms with E-state index in [4.69, 9.17) is 9.84 Å². The first-order chi connectivity index (χ1) is 10.4. The fourth-order valence-corrected chi connectivity index (χ4v) is 1.82. The summed E-state index contributed by atoms with van der Waals surface area (Å²) in [5.41, 5.74) is 0.402. The number of halogens is 2. The third kappa shape index (κ3) is 5.23. The van der Waals surface area contributed by atoms with Gasteiger partial charge in [-0.15, -0.1) is 0 Å². The number of benzene rings is 1. The van der Waals surface area contributed by atoms with Crippen LogP contribution in [-0.4, -0.2) is 37.5 Å². The van der Waals surface area contributed by atoms with E-state index in [1.54, 1.807) is 13.8 Å². The zero-order valence-electron chi connectivity index (χ0n) is 12.9. The van der Waals surface area contributed by atoms with Crippen molar-refractivity contribution in [1.29, 1.82) is 0 Å².